The summed E-state index contributed by atoms with van der Waals surface area (Å²) in [6.07, 6.45) is 7.51. The van der Waals surface area contributed by atoms with E-state index in [9.17, 15) is 9.59 Å². The molecule has 0 unspecified atom stereocenters. The maximum atomic E-state index is 13.4. The van der Waals surface area contributed by atoms with Crippen molar-refractivity contribution in [2.45, 2.75) is 37.8 Å². The third kappa shape index (κ3) is 2.66. The lowest BCUT2D eigenvalue weighted by molar-refractivity contribution is 0.0775. The Bertz CT molecular complexity index is 1180. The van der Waals surface area contributed by atoms with E-state index in [1.54, 1.807) is 0 Å². The minimum absolute atomic E-state index is 0.133. The van der Waals surface area contributed by atoms with Gasteiger partial charge in [0, 0.05) is 7.05 Å². The number of anilines is 2. The van der Waals surface area contributed by atoms with E-state index < -0.39 is 5.66 Å². The van der Waals surface area contributed by atoms with Gasteiger partial charge in [-0.3, -0.25) is 14.6 Å². The van der Waals surface area contributed by atoms with Crippen LogP contribution in [-0.2, 0) is 0 Å². The Hall–Kier alpha value is -3.14. The Morgan fingerprint density at radius 1 is 1.17 bits per heavy atom. The predicted molar refractivity (Wildman–Crippen MR) is 108 cm³/mol. The first-order valence-electron chi connectivity index (χ1n) is 9.43. The lowest BCUT2D eigenvalue weighted by Crippen LogP contribution is -2.70. The number of aromatic nitrogens is 5. The molecule has 0 radical (unpaired) electrons. The van der Waals surface area contributed by atoms with Crippen molar-refractivity contribution in [1.29, 1.82) is 0 Å². The van der Waals surface area contributed by atoms with Gasteiger partial charge >= 0.3 is 0 Å². The van der Waals surface area contributed by atoms with Gasteiger partial charge in [-0.2, -0.15) is 0 Å². The minimum Gasteiger partial charge on any atom is -0.334 e. The van der Waals surface area contributed by atoms with Gasteiger partial charge in [0.05, 0.1) is 11.3 Å². The second-order valence-electron chi connectivity index (χ2n) is 7.39. The molecule has 4 heterocycles. The number of H-pyrrole nitrogens is 1. The van der Waals surface area contributed by atoms with Gasteiger partial charge in [0.1, 0.15) is 23.4 Å². The number of pyridine rings is 1. The maximum Gasteiger partial charge on any atom is 0.293 e. The van der Waals surface area contributed by atoms with Gasteiger partial charge < -0.3 is 15.6 Å². The first kappa shape index (κ1) is 17.9. The van der Waals surface area contributed by atoms with E-state index in [0.717, 1.165) is 32.1 Å². The zero-order chi connectivity index (χ0) is 20.2. The third-order valence-electron chi connectivity index (χ3n) is 5.76. The summed E-state index contributed by atoms with van der Waals surface area (Å²) in [7, 11) is 1.81. The molecule has 2 aliphatic rings. The molecule has 3 N–H and O–H groups in total. The van der Waals surface area contributed by atoms with Crippen molar-refractivity contribution in [3.63, 3.8) is 0 Å². The number of carbonyl (C=O) groups excluding carboxylic acids is 1. The summed E-state index contributed by atoms with van der Waals surface area (Å²) in [6, 6.07) is 1.45. The van der Waals surface area contributed by atoms with Gasteiger partial charge in [-0.15, -0.1) is 0 Å². The van der Waals surface area contributed by atoms with Gasteiger partial charge in [-0.1, -0.05) is 18.0 Å². The van der Waals surface area contributed by atoms with Crippen molar-refractivity contribution in [3.8, 4) is 0 Å². The number of fused-ring (bicyclic) bond motifs is 2. The van der Waals surface area contributed by atoms with E-state index in [1.807, 2.05) is 12.1 Å². The largest absolute Gasteiger partial charge is 0.334 e. The summed E-state index contributed by atoms with van der Waals surface area (Å²) in [5.74, 6) is 0.0376. The van der Waals surface area contributed by atoms with Crippen molar-refractivity contribution < 1.29 is 4.79 Å². The number of rotatable bonds is 2. The number of halogens is 1. The Labute approximate surface area is 170 Å². The van der Waals surface area contributed by atoms with Crippen molar-refractivity contribution in [2.24, 2.45) is 0 Å². The topological polar surface area (TPSA) is 121 Å². The third-order valence-corrected chi connectivity index (χ3v) is 6.05. The van der Waals surface area contributed by atoms with Gasteiger partial charge in [0.15, 0.2) is 17.0 Å². The van der Waals surface area contributed by atoms with Crippen molar-refractivity contribution in [2.75, 3.05) is 17.4 Å². The second-order valence-corrected chi connectivity index (χ2v) is 7.80. The Balaban J connectivity index is 1.63. The zero-order valence-corrected chi connectivity index (χ0v) is 16.5. The number of imidazole rings is 1. The van der Waals surface area contributed by atoms with Crippen molar-refractivity contribution >= 4 is 40.2 Å². The molecule has 0 bridgehead atoms. The van der Waals surface area contributed by atoms with Crippen LogP contribution in [0, 0.1) is 0 Å². The number of nitrogens with one attached hydrogen (secondary N) is 3. The molecule has 0 aromatic carbocycles. The van der Waals surface area contributed by atoms with E-state index >= 15 is 0 Å². The number of hydrogen-bond donors (Lipinski definition) is 3. The molecule has 3 aromatic rings. The molecule has 5 rings (SSSR count). The molecule has 0 saturated heterocycles. The van der Waals surface area contributed by atoms with Gasteiger partial charge in [-0.25, -0.2) is 19.6 Å². The highest BCUT2D eigenvalue weighted by Gasteiger charge is 2.44. The first-order valence-corrected chi connectivity index (χ1v) is 9.81. The van der Waals surface area contributed by atoms with Crippen LogP contribution in [0.3, 0.4) is 0 Å². The number of nitrogens with zero attached hydrogens (tertiary/aromatic N) is 5. The molecule has 10 nitrogen and oxygen atoms in total. The molecule has 1 spiro atoms. The average molecular weight is 415 g/mol. The van der Waals surface area contributed by atoms with Gasteiger partial charge in [0.2, 0.25) is 0 Å². The maximum absolute atomic E-state index is 13.4. The summed E-state index contributed by atoms with van der Waals surface area (Å²) in [6.45, 7) is 0. The predicted octanol–water partition coefficient (Wildman–Crippen LogP) is 1.88. The lowest BCUT2D eigenvalue weighted by atomic mass is 9.87. The van der Waals surface area contributed by atoms with Crippen LogP contribution in [-0.4, -0.2) is 43.2 Å². The highest BCUT2D eigenvalue weighted by molar-refractivity contribution is 6.34. The van der Waals surface area contributed by atoms with Crippen LogP contribution >= 0.6 is 11.6 Å². The molecular weight excluding hydrogens is 396 g/mol. The van der Waals surface area contributed by atoms with Crippen LogP contribution < -0.4 is 21.2 Å². The van der Waals surface area contributed by atoms with E-state index in [2.05, 4.69) is 30.6 Å². The lowest BCUT2D eigenvalue weighted by Gasteiger charge is -2.49. The fraction of sp³-hybridized carbons (Fsp3) is 0.389. The summed E-state index contributed by atoms with van der Waals surface area (Å²) < 4.78 is 1.37. The molecule has 3 aromatic heterocycles. The molecule has 29 heavy (non-hydrogen) atoms. The Kier molecular flexibility index (Phi) is 3.98. The van der Waals surface area contributed by atoms with E-state index in [4.69, 9.17) is 11.6 Å². The highest BCUT2D eigenvalue weighted by Crippen LogP contribution is 2.34. The monoisotopic (exact) mass is 414 g/mol. The van der Waals surface area contributed by atoms with Crippen LogP contribution in [0.4, 0.5) is 11.5 Å². The van der Waals surface area contributed by atoms with Crippen LogP contribution in [0.1, 0.15) is 42.6 Å². The van der Waals surface area contributed by atoms with Crippen LogP contribution in [0.15, 0.2) is 23.5 Å². The fourth-order valence-electron chi connectivity index (χ4n) is 4.27. The first-order chi connectivity index (χ1) is 14.0. The summed E-state index contributed by atoms with van der Waals surface area (Å²) in [4.78, 5) is 41.6. The normalized spacial score (nSPS) is 18.0. The quantitative estimate of drug-likeness (QED) is 0.585. The second kappa shape index (κ2) is 6.45. The number of carbonyl (C=O) groups is 1. The molecule has 1 saturated carbocycles. The molecule has 1 amide bonds. The highest BCUT2D eigenvalue weighted by atomic mass is 35.5. The van der Waals surface area contributed by atoms with E-state index in [1.165, 1.54) is 23.4 Å². The summed E-state index contributed by atoms with van der Waals surface area (Å²) in [5.41, 5.74) is 0.417. The SMILES string of the molecule is CN1n2c(c(Cl)cc(Nc3ncnc4[nH]cnc34)c2=O)C(=O)NC12CCCCC2. The Morgan fingerprint density at radius 3 is 2.76 bits per heavy atom. The fourth-order valence-corrected chi connectivity index (χ4v) is 4.54. The summed E-state index contributed by atoms with van der Waals surface area (Å²) in [5, 5.41) is 8.08. The van der Waals surface area contributed by atoms with Gasteiger partial charge in [-0.05, 0) is 31.7 Å². The van der Waals surface area contributed by atoms with Crippen LogP contribution in [0.2, 0.25) is 5.02 Å². The van der Waals surface area contributed by atoms with Crippen molar-refractivity contribution in [1.82, 2.24) is 29.9 Å². The van der Waals surface area contributed by atoms with Crippen LogP contribution in [0.5, 0.6) is 0 Å². The Morgan fingerprint density at radius 2 is 1.97 bits per heavy atom. The molecule has 1 fully saturated rings. The average Bonchev–Trinajstić information content (AvgIpc) is 3.19. The number of aromatic amines is 1. The molecule has 1 aliphatic heterocycles. The molecule has 150 valence electrons. The molecule has 1 aliphatic carbocycles. The summed E-state index contributed by atoms with van der Waals surface area (Å²) >= 11 is 6.43. The van der Waals surface area contributed by atoms with Gasteiger partial charge in [0.25, 0.3) is 11.5 Å². The van der Waals surface area contributed by atoms with Crippen LogP contribution in [0.25, 0.3) is 11.2 Å². The van der Waals surface area contributed by atoms with E-state index in [0.29, 0.717) is 17.0 Å². The standard InChI is InChI=1S/C18H19ClN8O2/c1-26-18(5-3-2-4-6-18)25-16(28)13-10(19)7-11(17(29)27(13)26)24-15-12-14(21-8-20-12)22-9-23-15/h7-9H,2-6H2,1H3,(H,25,28)(H2,20,21,22,23,24). The van der Waals surface area contributed by atoms with E-state index in [-0.39, 0.29) is 27.9 Å². The number of hydrogen-bond acceptors (Lipinski definition) is 7. The smallest absolute Gasteiger partial charge is 0.293 e. The number of amides is 1. The van der Waals surface area contributed by atoms with Crippen molar-refractivity contribution in [3.05, 3.63) is 39.8 Å². The minimum atomic E-state index is -0.585. The molecular formula is C18H19ClN8O2. The molecule has 0 atom stereocenters. The zero-order valence-electron chi connectivity index (χ0n) is 15.7. The molecule has 11 heteroatoms.